The molecule has 0 aromatic heterocycles. The number of hydrogen-bond donors (Lipinski definition) is 1. The average molecular weight is 277 g/mol. The minimum absolute atomic E-state index is 0.499. The van der Waals surface area contributed by atoms with E-state index in [9.17, 15) is 9.90 Å². The fraction of sp³-hybridized carbons (Fsp3) is 0.133. The Labute approximate surface area is 116 Å². The van der Waals surface area contributed by atoms with Gasteiger partial charge in [0.15, 0.2) is 6.10 Å². The fourth-order valence-corrected chi connectivity index (χ4v) is 1.90. The summed E-state index contributed by atoms with van der Waals surface area (Å²) in [5, 5.41) is 10.5. The highest BCUT2D eigenvalue weighted by atomic mass is 35.5. The standard InChI is InChI=1S/C15H13ClO3/c1-19-15(18)14(17)12-4-2-3-11(9-12)10-5-7-13(16)8-6-10/h2-9,14,17H,1H3. The van der Waals surface area contributed by atoms with Crippen LogP contribution < -0.4 is 0 Å². The lowest BCUT2D eigenvalue weighted by atomic mass is 10.0. The molecule has 0 spiro atoms. The van der Waals surface area contributed by atoms with Crippen molar-refractivity contribution >= 4 is 17.6 Å². The van der Waals surface area contributed by atoms with Crippen LogP contribution in [-0.4, -0.2) is 18.2 Å². The van der Waals surface area contributed by atoms with E-state index >= 15 is 0 Å². The van der Waals surface area contributed by atoms with Crippen LogP contribution in [0.25, 0.3) is 11.1 Å². The first-order valence-electron chi connectivity index (χ1n) is 5.73. The molecule has 0 saturated carbocycles. The van der Waals surface area contributed by atoms with E-state index in [1.807, 2.05) is 18.2 Å². The van der Waals surface area contributed by atoms with E-state index in [0.29, 0.717) is 10.6 Å². The van der Waals surface area contributed by atoms with Crippen LogP contribution in [0.5, 0.6) is 0 Å². The molecule has 2 rings (SSSR count). The van der Waals surface area contributed by atoms with Gasteiger partial charge in [-0.3, -0.25) is 0 Å². The number of esters is 1. The Bertz CT molecular complexity index is 578. The molecule has 0 aliphatic carbocycles. The molecule has 0 fully saturated rings. The third-order valence-electron chi connectivity index (χ3n) is 2.80. The van der Waals surface area contributed by atoms with Gasteiger partial charge in [0.25, 0.3) is 0 Å². The van der Waals surface area contributed by atoms with Gasteiger partial charge >= 0.3 is 5.97 Å². The number of aliphatic hydroxyl groups excluding tert-OH is 1. The molecule has 0 aliphatic rings. The molecule has 1 N–H and O–H groups in total. The van der Waals surface area contributed by atoms with Crippen LogP contribution in [0.3, 0.4) is 0 Å². The molecule has 0 saturated heterocycles. The normalized spacial score (nSPS) is 11.9. The van der Waals surface area contributed by atoms with Crippen LogP contribution >= 0.6 is 11.6 Å². The molecule has 98 valence electrons. The highest BCUT2D eigenvalue weighted by Gasteiger charge is 2.17. The zero-order valence-corrected chi connectivity index (χ0v) is 11.1. The minimum Gasteiger partial charge on any atom is -0.467 e. The van der Waals surface area contributed by atoms with Gasteiger partial charge in [-0.1, -0.05) is 41.9 Å². The van der Waals surface area contributed by atoms with Crippen molar-refractivity contribution < 1.29 is 14.6 Å². The van der Waals surface area contributed by atoms with Crippen molar-refractivity contribution in [1.82, 2.24) is 0 Å². The quantitative estimate of drug-likeness (QED) is 0.876. The Kier molecular flexibility index (Phi) is 4.20. The van der Waals surface area contributed by atoms with Crippen molar-refractivity contribution in [2.75, 3.05) is 7.11 Å². The fourth-order valence-electron chi connectivity index (χ4n) is 1.78. The molecule has 0 aliphatic heterocycles. The Balaban J connectivity index is 2.34. The molecule has 0 amide bonds. The predicted octanol–water partition coefficient (Wildman–Crippen LogP) is 3.21. The molecule has 19 heavy (non-hydrogen) atoms. The van der Waals surface area contributed by atoms with Gasteiger partial charge < -0.3 is 9.84 Å². The lowest BCUT2D eigenvalue weighted by Gasteiger charge is -2.10. The van der Waals surface area contributed by atoms with Gasteiger partial charge in [-0.25, -0.2) is 4.79 Å². The average Bonchev–Trinajstić information content (AvgIpc) is 2.46. The zero-order chi connectivity index (χ0) is 13.8. The first kappa shape index (κ1) is 13.6. The van der Waals surface area contributed by atoms with E-state index in [1.165, 1.54) is 7.11 Å². The van der Waals surface area contributed by atoms with E-state index in [-0.39, 0.29) is 0 Å². The third-order valence-corrected chi connectivity index (χ3v) is 3.06. The highest BCUT2D eigenvalue weighted by molar-refractivity contribution is 6.30. The van der Waals surface area contributed by atoms with E-state index < -0.39 is 12.1 Å². The molecule has 0 radical (unpaired) electrons. The molecule has 1 unspecified atom stereocenters. The molecule has 3 nitrogen and oxygen atoms in total. The van der Waals surface area contributed by atoms with E-state index in [4.69, 9.17) is 11.6 Å². The smallest absolute Gasteiger partial charge is 0.339 e. The maximum Gasteiger partial charge on any atom is 0.339 e. The van der Waals surface area contributed by atoms with Crippen LogP contribution in [0.2, 0.25) is 5.02 Å². The number of methoxy groups -OCH3 is 1. The second-order valence-electron chi connectivity index (χ2n) is 4.06. The molecular weight excluding hydrogens is 264 g/mol. The number of hydrogen-bond acceptors (Lipinski definition) is 3. The summed E-state index contributed by atoms with van der Waals surface area (Å²) in [4.78, 5) is 11.3. The maximum absolute atomic E-state index is 11.3. The Hall–Kier alpha value is -1.84. The number of ether oxygens (including phenoxy) is 1. The van der Waals surface area contributed by atoms with E-state index in [2.05, 4.69) is 4.74 Å². The second-order valence-corrected chi connectivity index (χ2v) is 4.49. The summed E-state index contributed by atoms with van der Waals surface area (Å²) in [5.41, 5.74) is 2.36. The Morgan fingerprint density at radius 2 is 1.84 bits per heavy atom. The van der Waals surface area contributed by atoms with Crippen LogP contribution in [0.15, 0.2) is 48.5 Å². The summed E-state index contributed by atoms with van der Waals surface area (Å²) in [6.45, 7) is 0. The minimum atomic E-state index is -1.27. The van der Waals surface area contributed by atoms with Crippen molar-refractivity contribution in [3.05, 3.63) is 59.1 Å². The number of benzene rings is 2. The number of carbonyl (C=O) groups is 1. The van der Waals surface area contributed by atoms with Crippen molar-refractivity contribution in [3.63, 3.8) is 0 Å². The summed E-state index contributed by atoms with van der Waals surface area (Å²) in [7, 11) is 1.24. The number of carbonyl (C=O) groups excluding carboxylic acids is 1. The van der Waals surface area contributed by atoms with Gasteiger partial charge in [-0.2, -0.15) is 0 Å². The third kappa shape index (κ3) is 3.13. The molecule has 2 aromatic carbocycles. The highest BCUT2D eigenvalue weighted by Crippen LogP contribution is 2.25. The summed E-state index contributed by atoms with van der Waals surface area (Å²) >= 11 is 5.84. The molecular formula is C15H13ClO3. The van der Waals surface area contributed by atoms with E-state index in [1.54, 1.807) is 30.3 Å². The van der Waals surface area contributed by atoms with Crippen LogP contribution in [-0.2, 0) is 9.53 Å². The molecule has 0 bridgehead atoms. The largest absolute Gasteiger partial charge is 0.467 e. The van der Waals surface area contributed by atoms with Gasteiger partial charge in [0.1, 0.15) is 0 Å². The van der Waals surface area contributed by atoms with Crippen molar-refractivity contribution in [2.45, 2.75) is 6.10 Å². The number of halogens is 1. The van der Waals surface area contributed by atoms with Crippen molar-refractivity contribution in [2.24, 2.45) is 0 Å². The first-order chi connectivity index (χ1) is 9.11. The second kappa shape index (κ2) is 5.87. The predicted molar refractivity (Wildman–Crippen MR) is 73.9 cm³/mol. The summed E-state index contributed by atoms with van der Waals surface area (Å²) in [5.74, 6) is -0.673. The van der Waals surface area contributed by atoms with E-state index in [0.717, 1.165) is 11.1 Å². The maximum atomic E-state index is 11.3. The number of aliphatic hydroxyl groups is 1. The van der Waals surface area contributed by atoms with Crippen LogP contribution in [0, 0.1) is 0 Å². The van der Waals surface area contributed by atoms with Gasteiger partial charge in [0.2, 0.25) is 0 Å². The molecule has 0 heterocycles. The van der Waals surface area contributed by atoms with Gasteiger partial charge in [-0.05, 0) is 34.9 Å². The van der Waals surface area contributed by atoms with Gasteiger partial charge in [0.05, 0.1) is 7.11 Å². The summed E-state index contributed by atoms with van der Waals surface area (Å²) in [6.07, 6.45) is -1.27. The summed E-state index contributed by atoms with van der Waals surface area (Å²) < 4.78 is 4.52. The van der Waals surface area contributed by atoms with Gasteiger partial charge in [0, 0.05) is 5.02 Å². The lowest BCUT2D eigenvalue weighted by molar-refractivity contribution is -0.150. The monoisotopic (exact) mass is 276 g/mol. The molecule has 4 heteroatoms. The van der Waals surface area contributed by atoms with Crippen molar-refractivity contribution in [3.8, 4) is 11.1 Å². The lowest BCUT2D eigenvalue weighted by Crippen LogP contribution is -2.13. The van der Waals surface area contributed by atoms with Crippen LogP contribution in [0.1, 0.15) is 11.7 Å². The Morgan fingerprint density at radius 1 is 1.16 bits per heavy atom. The van der Waals surface area contributed by atoms with Gasteiger partial charge in [-0.15, -0.1) is 0 Å². The zero-order valence-electron chi connectivity index (χ0n) is 10.3. The first-order valence-corrected chi connectivity index (χ1v) is 6.11. The molecule has 2 aromatic rings. The SMILES string of the molecule is COC(=O)C(O)c1cccc(-c2ccc(Cl)cc2)c1. The van der Waals surface area contributed by atoms with Crippen LogP contribution in [0.4, 0.5) is 0 Å². The topological polar surface area (TPSA) is 46.5 Å². The summed E-state index contributed by atoms with van der Waals surface area (Å²) in [6, 6.07) is 14.5. The number of rotatable bonds is 3. The molecule has 1 atom stereocenters. The Morgan fingerprint density at radius 3 is 2.47 bits per heavy atom. The van der Waals surface area contributed by atoms with Crippen molar-refractivity contribution in [1.29, 1.82) is 0 Å².